The van der Waals surface area contributed by atoms with Gasteiger partial charge in [-0.05, 0) is 12.8 Å². The molecule has 3 atom stereocenters. The summed E-state index contributed by atoms with van der Waals surface area (Å²) in [7, 11) is 0. The van der Waals surface area contributed by atoms with Crippen LogP contribution in [0.4, 0.5) is 0 Å². The van der Waals surface area contributed by atoms with Gasteiger partial charge in [0.15, 0.2) is 0 Å². The van der Waals surface area contributed by atoms with Crippen LogP contribution in [0.15, 0.2) is 0 Å². The fourth-order valence-electron chi connectivity index (χ4n) is 2.11. The van der Waals surface area contributed by atoms with Gasteiger partial charge in [-0.2, -0.15) is 0 Å². The van der Waals surface area contributed by atoms with Crippen molar-refractivity contribution in [3.8, 4) is 0 Å². The number of unbranched alkanes of at least 4 members (excludes halogenated alkanes) is 1. The van der Waals surface area contributed by atoms with Crippen LogP contribution in [0.2, 0.25) is 0 Å². The van der Waals surface area contributed by atoms with Crippen LogP contribution < -0.4 is 5.32 Å². The minimum atomic E-state index is -0.314. The predicted molar refractivity (Wildman–Crippen MR) is 62.0 cm³/mol. The van der Waals surface area contributed by atoms with E-state index in [2.05, 4.69) is 19.2 Å². The van der Waals surface area contributed by atoms with E-state index in [-0.39, 0.29) is 12.1 Å². The zero-order valence-corrected chi connectivity index (χ0v) is 10.0. The topological polar surface area (TPSA) is 41.5 Å². The van der Waals surface area contributed by atoms with Gasteiger partial charge in [0.05, 0.1) is 25.4 Å². The van der Waals surface area contributed by atoms with E-state index < -0.39 is 0 Å². The molecule has 0 bridgehead atoms. The van der Waals surface area contributed by atoms with E-state index in [1.54, 1.807) is 0 Å². The van der Waals surface area contributed by atoms with Gasteiger partial charge in [-0.1, -0.05) is 33.1 Å². The molecule has 0 aliphatic carbocycles. The standard InChI is InChI=1S/C12H25NO2/c1-3-5-7-10(6-4-2)13-11-8-15-9-12(11)14/h10-14H,3-9H2,1-2H3. The first-order valence-electron chi connectivity index (χ1n) is 6.29. The fraction of sp³-hybridized carbons (Fsp3) is 1.00. The molecule has 3 heteroatoms. The number of aliphatic hydroxyl groups is 1. The summed E-state index contributed by atoms with van der Waals surface area (Å²) in [6.07, 6.45) is 5.81. The molecule has 1 saturated heterocycles. The zero-order valence-electron chi connectivity index (χ0n) is 10.0. The molecule has 0 radical (unpaired) electrons. The molecule has 0 aromatic heterocycles. The molecule has 3 unspecified atom stereocenters. The molecule has 15 heavy (non-hydrogen) atoms. The van der Waals surface area contributed by atoms with Crippen LogP contribution >= 0.6 is 0 Å². The molecule has 0 aromatic rings. The van der Waals surface area contributed by atoms with Crippen LogP contribution in [0.25, 0.3) is 0 Å². The second-order valence-corrected chi connectivity index (χ2v) is 4.51. The number of nitrogens with one attached hydrogen (secondary N) is 1. The molecular formula is C12H25NO2. The minimum absolute atomic E-state index is 0.151. The van der Waals surface area contributed by atoms with E-state index in [4.69, 9.17) is 4.74 Å². The SMILES string of the molecule is CCCCC(CCC)NC1COCC1O. The van der Waals surface area contributed by atoms with Crippen molar-refractivity contribution in [2.75, 3.05) is 13.2 Å². The van der Waals surface area contributed by atoms with Crippen LogP contribution in [0.1, 0.15) is 46.0 Å². The summed E-state index contributed by atoms with van der Waals surface area (Å²) in [4.78, 5) is 0. The van der Waals surface area contributed by atoms with Gasteiger partial charge in [0.1, 0.15) is 0 Å². The maximum Gasteiger partial charge on any atom is 0.0948 e. The molecule has 1 heterocycles. The van der Waals surface area contributed by atoms with E-state index in [1.165, 1.54) is 32.1 Å². The summed E-state index contributed by atoms with van der Waals surface area (Å²) in [5.74, 6) is 0. The Hall–Kier alpha value is -0.120. The van der Waals surface area contributed by atoms with Crippen LogP contribution in [-0.2, 0) is 4.74 Å². The third-order valence-corrected chi connectivity index (χ3v) is 3.04. The Balaban J connectivity index is 2.28. The van der Waals surface area contributed by atoms with Crippen LogP contribution in [-0.4, -0.2) is 36.5 Å². The van der Waals surface area contributed by atoms with Gasteiger partial charge in [-0.25, -0.2) is 0 Å². The molecule has 2 N–H and O–H groups in total. The summed E-state index contributed by atoms with van der Waals surface area (Å²) < 4.78 is 5.24. The van der Waals surface area contributed by atoms with Gasteiger partial charge in [0.2, 0.25) is 0 Å². The summed E-state index contributed by atoms with van der Waals surface area (Å²) in [6.45, 7) is 5.58. The average Bonchev–Trinajstić information content (AvgIpc) is 2.61. The van der Waals surface area contributed by atoms with Crippen LogP contribution in [0, 0.1) is 0 Å². The average molecular weight is 215 g/mol. The molecule has 1 aliphatic heterocycles. The molecule has 0 spiro atoms. The first kappa shape index (κ1) is 12.9. The van der Waals surface area contributed by atoms with Crippen molar-refractivity contribution in [3.05, 3.63) is 0 Å². The Bertz CT molecular complexity index is 164. The van der Waals surface area contributed by atoms with Crippen LogP contribution in [0.5, 0.6) is 0 Å². The van der Waals surface area contributed by atoms with Gasteiger partial charge < -0.3 is 15.2 Å². The lowest BCUT2D eigenvalue weighted by Crippen LogP contribution is -2.44. The van der Waals surface area contributed by atoms with E-state index in [0.717, 1.165) is 0 Å². The van der Waals surface area contributed by atoms with Crippen molar-refractivity contribution < 1.29 is 9.84 Å². The third-order valence-electron chi connectivity index (χ3n) is 3.04. The Kier molecular flexibility index (Phi) is 6.22. The summed E-state index contributed by atoms with van der Waals surface area (Å²) in [6, 6.07) is 0.703. The highest BCUT2D eigenvalue weighted by Gasteiger charge is 2.27. The van der Waals surface area contributed by atoms with Gasteiger partial charge in [0, 0.05) is 6.04 Å². The lowest BCUT2D eigenvalue weighted by Gasteiger charge is -2.23. The molecule has 0 amide bonds. The molecule has 1 aliphatic rings. The monoisotopic (exact) mass is 215 g/mol. The fourth-order valence-corrected chi connectivity index (χ4v) is 2.11. The van der Waals surface area contributed by atoms with Crippen LogP contribution in [0.3, 0.4) is 0 Å². The predicted octanol–water partition coefficient (Wildman–Crippen LogP) is 1.69. The van der Waals surface area contributed by atoms with Crippen molar-refractivity contribution in [1.82, 2.24) is 5.32 Å². The second-order valence-electron chi connectivity index (χ2n) is 4.51. The zero-order chi connectivity index (χ0) is 11.1. The van der Waals surface area contributed by atoms with Gasteiger partial charge in [-0.3, -0.25) is 0 Å². The third kappa shape index (κ3) is 4.49. The molecule has 1 fully saturated rings. The maximum absolute atomic E-state index is 9.64. The maximum atomic E-state index is 9.64. The van der Waals surface area contributed by atoms with Crippen molar-refractivity contribution in [2.45, 2.75) is 64.1 Å². The number of ether oxygens (including phenoxy) is 1. The number of aliphatic hydroxyl groups excluding tert-OH is 1. The van der Waals surface area contributed by atoms with Crippen molar-refractivity contribution in [2.24, 2.45) is 0 Å². The minimum Gasteiger partial charge on any atom is -0.389 e. The molecule has 1 rings (SSSR count). The smallest absolute Gasteiger partial charge is 0.0948 e. The quantitative estimate of drug-likeness (QED) is 0.679. The summed E-state index contributed by atoms with van der Waals surface area (Å²) in [5.41, 5.74) is 0. The van der Waals surface area contributed by atoms with Crippen molar-refractivity contribution >= 4 is 0 Å². The first-order chi connectivity index (χ1) is 7.27. The Morgan fingerprint density at radius 1 is 1.27 bits per heavy atom. The number of hydrogen-bond donors (Lipinski definition) is 2. The Morgan fingerprint density at radius 2 is 2.07 bits per heavy atom. The van der Waals surface area contributed by atoms with Gasteiger partial charge in [-0.15, -0.1) is 0 Å². The second kappa shape index (κ2) is 7.20. The highest BCUT2D eigenvalue weighted by atomic mass is 16.5. The normalized spacial score (nSPS) is 28.2. The molecule has 90 valence electrons. The molecule has 0 aromatic carbocycles. The highest BCUT2D eigenvalue weighted by Crippen LogP contribution is 2.12. The lowest BCUT2D eigenvalue weighted by molar-refractivity contribution is 0.120. The van der Waals surface area contributed by atoms with E-state index >= 15 is 0 Å². The summed E-state index contributed by atoms with van der Waals surface area (Å²) in [5, 5.41) is 13.2. The Labute approximate surface area is 93.2 Å². The largest absolute Gasteiger partial charge is 0.389 e. The van der Waals surface area contributed by atoms with E-state index in [1.807, 2.05) is 0 Å². The van der Waals surface area contributed by atoms with E-state index in [9.17, 15) is 5.11 Å². The highest BCUT2D eigenvalue weighted by molar-refractivity contribution is 4.83. The van der Waals surface area contributed by atoms with Crippen molar-refractivity contribution in [1.29, 1.82) is 0 Å². The first-order valence-corrected chi connectivity index (χ1v) is 6.29. The molecular weight excluding hydrogens is 190 g/mol. The van der Waals surface area contributed by atoms with E-state index in [0.29, 0.717) is 19.3 Å². The van der Waals surface area contributed by atoms with Crippen molar-refractivity contribution in [3.63, 3.8) is 0 Å². The summed E-state index contributed by atoms with van der Waals surface area (Å²) >= 11 is 0. The van der Waals surface area contributed by atoms with Gasteiger partial charge >= 0.3 is 0 Å². The lowest BCUT2D eigenvalue weighted by atomic mass is 10.0. The van der Waals surface area contributed by atoms with Gasteiger partial charge in [0.25, 0.3) is 0 Å². The molecule has 3 nitrogen and oxygen atoms in total. The number of hydrogen-bond acceptors (Lipinski definition) is 3. The Morgan fingerprint density at radius 3 is 2.60 bits per heavy atom. The number of rotatable bonds is 7. The molecule has 0 saturated carbocycles.